The van der Waals surface area contributed by atoms with Gasteiger partial charge in [0.25, 0.3) is 0 Å². The zero-order chi connectivity index (χ0) is 26.2. The molecule has 0 unspecified atom stereocenters. The van der Waals surface area contributed by atoms with Gasteiger partial charge in [-0.15, -0.1) is 20.1 Å². The molecule has 3 aromatic rings. The minimum Gasteiger partial charge on any atom is -0.489 e. The Morgan fingerprint density at radius 2 is 2.03 bits per heavy atom. The van der Waals surface area contributed by atoms with Gasteiger partial charge in [0.15, 0.2) is 11.5 Å². The third-order valence-corrected chi connectivity index (χ3v) is 7.72. The van der Waals surface area contributed by atoms with Crippen molar-refractivity contribution in [3.05, 3.63) is 52.0 Å². The van der Waals surface area contributed by atoms with Crippen LogP contribution in [0.4, 0.5) is 14.5 Å². The van der Waals surface area contributed by atoms with Gasteiger partial charge in [-0.25, -0.2) is 4.98 Å². The maximum Gasteiger partial charge on any atom is 0.586 e. The van der Waals surface area contributed by atoms with Crippen LogP contribution in [0.25, 0.3) is 10.6 Å². The maximum absolute atomic E-state index is 13.3. The van der Waals surface area contributed by atoms with Crippen LogP contribution in [0.2, 0.25) is 4.34 Å². The molecule has 0 radical (unpaired) electrons. The summed E-state index contributed by atoms with van der Waals surface area (Å²) in [6, 6.07) is 10.2. The Morgan fingerprint density at radius 1 is 1.22 bits per heavy atom. The number of fused-ring (bicyclic) bond motifs is 1. The largest absolute Gasteiger partial charge is 0.586 e. The van der Waals surface area contributed by atoms with Crippen LogP contribution >= 0.6 is 22.9 Å². The summed E-state index contributed by atoms with van der Waals surface area (Å²) in [7, 11) is 1.41. The summed E-state index contributed by atoms with van der Waals surface area (Å²) in [6.45, 7) is 2.28. The fraction of sp³-hybridized carbons (Fsp3) is 0.385. The molecule has 0 bridgehead atoms. The number of pyridine rings is 1. The number of hydrogen-bond donors (Lipinski definition) is 1. The van der Waals surface area contributed by atoms with Crippen LogP contribution in [0, 0.1) is 12.8 Å². The van der Waals surface area contributed by atoms with Gasteiger partial charge < -0.3 is 24.3 Å². The molecule has 2 aromatic heterocycles. The van der Waals surface area contributed by atoms with Gasteiger partial charge in [-0.1, -0.05) is 11.6 Å². The Morgan fingerprint density at radius 3 is 2.81 bits per heavy atom. The molecule has 1 aliphatic carbocycles. The van der Waals surface area contributed by atoms with E-state index in [4.69, 9.17) is 26.1 Å². The van der Waals surface area contributed by atoms with Crippen LogP contribution in [0.5, 0.6) is 17.2 Å². The summed E-state index contributed by atoms with van der Waals surface area (Å²) in [6.07, 6.45) is -0.497. The Labute approximate surface area is 221 Å². The molecule has 196 valence electrons. The molecule has 1 fully saturated rings. The van der Waals surface area contributed by atoms with E-state index in [2.05, 4.69) is 14.8 Å². The molecule has 2 atom stereocenters. The lowest BCUT2D eigenvalue weighted by molar-refractivity contribution is -0.286. The second kappa shape index (κ2) is 10.3. The summed E-state index contributed by atoms with van der Waals surface area (Å²) >= 11 is 7.74. The molecule has 0 spiro atoms. The first kappa shape index (κ1) is 25.5. The van der Waals surface area contributed by atoms with Crippen molar-refractivity contribution < 1.29 is 32.5 Å². The highest BCUT2D eigenvalue weighted by atomic mass is 35.5. The number of nitrogens with zero attached hydrogens (tertiary/aromatic N) is 1. The molecule has 0 saturated heterocycles. The Bertz CT molecular complexity index is 1320. The van der Waals surface area contributed by atoms with E-state index in [1.54, 1.807) is 6.07 Å². The normalized spacial score (nSPS) is 19.9. The van der Waals surface area contributed by atoms with Crippen LogP contribution < -0.4 is 19.5 Å². The van der Waals surface area contributed by atoms with Crippen LogP contribution in [0.3, 0.4) is 0 Å². The lowest BCUT2D eigenvalue weighted by Crippen LogP contribution is -2.30. The predicted molar refractivity (Wildman–Crippen MR) is 136 cm³/mol. The van der Waals surface area contributed by atoms with Gasteiger partial charge in [-0.2, -0.15) is 0 Å². The van der Waals surface area contributed by atoms with E-state index in [1.807, 2.05) is 25.1 Å². The molecule has 7 nitrogen and oxygen atoms in total. The molecule has 1 saturated carbocycles. The van der Waals surface area contributed by atoms with Gasteiger partial charge in [0.05, 0.1) is 39.7 Å². The monoisotopic (exact) mass is 550 g/mol. The smallest absolute Gasteiger partial charge is 0.489 e. The number of methoxy groups -OCH3 is 1. The van der Waals surface area contributed by atoms with Crippen LogP contribution in [0.1, 0.15) is 36.9 Å². The first-order valence-corrected chi connectivity index (χ1v) is 13.0. The summed E-state index contributed by atoms with van der Waals surface area (Å²) in [5.41, 5.74) is 2.99. The van der Waals surface area contributed by atoms with Crippen molar-refractivity contribution in [2.24, 2.45) is 5.92 Å². The van der Waals surface area contributed by atoms with Crippen LogP contribution in [-0.4, -0.2) is 30.5 Å². The van der Waals surface area contributed by atoms with E-state index in [0.29, 0.717) is 28.7 Å². The standard InChI is InChI=1S/C26H25ClF2N2O5S/c1-14-20(34-18-5-3-4-15(10-18)25(32)33-2)9-7-19(31-14)24-16(11-23(27)37-24)13-30-17-6-8-21-22(12-17)36-26(28,29)35-21/h6-9,11-12,15,18,30H,3-5,10,13H2,1-2H3/t15-,18-/m0/s1. The second-order valence-electron chi connectivity index (χ2n) is 8.99. The number of benzene rings is 1. The van der Waals surface area contributed by atoms with Crippen molar-refractivity contribution in [3.8, 4) is 27.8 Å². The lowest BCUT2D eigenvalue weighted by Gasteiger charge is -2.28. The molecule has 1 aliphatic heterocycles. The van der Waals surface area contributed by atoms with Crippen molar-refractivity contribution in [3.63, 3.8) is 0 Å². The third kappa shape index (κ3) is 5.75. The summed E-state index contributed by atoms with van der Waals surface area (Å²) in [4.78, 5) is 17.6. The number of rotatable bonds is 7. The van der Waals surface area contributed by atoms with Crippen molar-refractivity contribution in [1.82, 2.24) is 4.98 Å². The Hall–Kier alpha value is -3.11. The number of halogens is 3. The minimum atomic E-state index is -3.66. The van der Waals surface area contributed by atoms with E-state index < -0.39 is 6.29 Å². The molecular weight excluding hydrogens is 526 g/mol. The minimum absolute atomic E-state index is 0.00848. The number of aromatic nitrogens is 1. The average Bonchev–Trinajstić information content (AvgIpc) is 3.40. The molecule has 0 amide bonds. The molecule has 1 N–H and O–H groups in total. The van der Waals surface area contributed by atoms with E-state index in [1.165, 1.54) is 30.6 Å². The number of aryl methyl sites for hydroxylation is 1. The van der Waals surface area contributed by atoms with E-state index >= 15 is 0 Å². The number of anilines is 1. The Balaban J connectivity index is 1.28. The lowest BCUT2D eigenvalue weighted by atomic mass is 9.87. The summed E-state index contributed by atoms with van der Waals surface area (Å²) in [5, 5.41) is 3.22. The van der Waals surface area contributed by atoms with E-state index in [0.717, 1.165) is 41.1 Å². The molecule has 1 aromatic carbocycles. The first-order valence-electron chi connectivity index (χ1n) is 11.9. The zero-order valence-electron chi connectivity index (χ0n) is 20.2. The molecule has 37 heavy (non-hydrogen) atoms. The number of thiophene rings is 1. The predicted octanol–water partition coefficient (Wildman–Crippen LogP) is 6.82. The zero-order valence-corrected chi connectivity index (χ0v) is 21.8. The highest BCUT2D eigenvalue weighted by molar-refractivity contribution is 7.19. The van der Waals surface area contributed by atoms with Gasteiger partial charge in [0, 0.05) is 18.3 Å². The van der Waals surface area contributed by atoms with Crippen molar-refractivity contribution in [2.75, 3.05) is 12.4 Å². The van der Waals surface area contributed by atoms with Gasteiger partial charge >= 0.3 is 12.3 Å². The highest BCUT2D eigenvalue weighted by Crippen LogP contribution is 2.43. The maximum atomic E-state index is 13.3. The van der Waals surface area contributed by atoms with Crippen LogP contribution in [0.15, 0.2) is 36.4 Å². The molecule has 2 aliphatic rings. The van der Waals surface area contributed by atoms with Crippen LogP contribution in [-0.2, 0) is 16.1 Å². The molecular formula is C26H25ClF2N2O5S. The van der Waals surface area contributed by atoms with Gasteiger partial charge in [-0.3, -0.25) is 4.79 Å². The number of nitrogens with one attached hydrogen (secondary N) is 1. The average molecular weight is 551 g/mol. The third-order valence-electron chi connectivity index (χ3n) is 6.39. The topological polar surface area (TPSA) is 78.9 Å². The van der Waals surface area contributed by atoms with Gasteiger partial charge in [-0.05, 0) is 68.5 Å². The van der Waals surface area contributed by atoms with Crippen molar-refractivity contribution >= 4 is 34.6 Å². The summed E-state index contributed by atoms with van der Waals surface area (Å²) < 4.78 is 47.3. The number of ether oxygens (including phenoxy) is 4. The quantitative estimate of drug-likeness (QED) is 0.323. The van der Waals surface area contributed by atoms with Gasteiger partial charge in [0.1, 0.15) is 5.75 Å². The molecule has 5 rings (SSSR count). The van der Waals surface area contributed by atoms with Gasteiger partial charge in [0.2, 0.25) is 0 Å². The second-order valence-corrected chi connectivity index (χ2v) is 10.7. The fourth-order valence-corrected chi connectivity index (χ4v) is 5.85. The van der Waals surface area contributed by atoms with Crippen molar-refractivity contribution in [2.45, 2.75) is 51.6 Å². The highest BCUT2D eigenvalue weighted by Gasteiger charge is 2.43. The number of carbonyl (C=O) groups is 1. The van der Waals surface area contributed by atoms with Crippen molar-refractivity contribution in [1.29, 1.82) is 0 Å². The Kier molecular flexibility index (Phi) is 7.13. The fourth-order valence-electron chi connectivity index (χ4n) is 4.61. The number of carbonyl (C=O) groups excluding carboxylic acids is 1. The van der Waals surface area contributed by atoms with E-state index in [9.17, 15) is 13.6 Å². The number of esters is 1. The van der Waals surface area contributed by atoms with E-state index in [-0.39, 0.29) is 29.5 Å². The number of alkyl halides is 2. The SMILES string of the molecule is COC(=O)[C@H]1CCC[C@H](Oc2ccc(-c3sc(Cl)cc3CNc3ccc4c(c3)OC(F)(F)O4)nc2C)C1. The summed E-state index contributed by atoms with van der Waals surface area (Å²) in [5.74, 6) is 0.320. The molecule has 11 heteroatoms. The molecule has 3 heterocycles. The first-order chi connectivity index (χ1) is 17.7. The number of hydrogen-bond acceptors (Lipinski definition) is 8.